The predicted molar refractivity (Wildman–Crippen MR) is 98.4 cm³/mol. The third kappa shape index (κ3) is 3.56. The van der Waals surface area contributed by atoms with Gasteiger partial charge in [0.25, 0.3) is 11.5 Å². The average molecular weight is 408 g/mol. The first-order valence-corrected chi connectivity index (χ1v) is 8.48. The second-order valence-electron chi connectivity index (χ2n) is 6.13. The van der Waals surface area contributed by atoms with E-state index >= 15 is 0 Å². The first-order chi connectivity index (χ1) is 13.2. The Bertz CT molecular complexity index is 1140. The minimum Gasteiger partial charge on any atom is -0.505 e. The van der Waals surface area contributed by atoms with E-state index < -0.39 is 40.6 Å². The number of carbonyl (C=O) groups excluding carboxylic acids is 1. The Hall–Kier alpha value is -3.33. The molecule has 2 heterocycles. The normalized spacial score (nSPS) is 12.1. The highest BCUT2D eigenvalue weighted by atomic mass is 35.5. The number of carboxylic acid groups (broad SMARTS) is 1. The molecule has 0 aliphatic heterocycles. The molecule has 3 rings (SSSR count). The molecule has 1 aromatic carbocycles. The number of hydrogen-bond acceptors (Lipinski definition) is 4. The minimum atomic E-state index is -1.30. The fraction of sp³-hybridized carbons (Fsp3) is 0.167. The van der Waals surface area contributed by atoms with Crippen molar-refractivity contribution in [3.63, 3.8) is 0 Å². The van der Waals surface area contributed by atoms with Gasteiger partial charge >= 0.3 is 5.97 Å². The lowest BCUT2D eigenvalue weighted by Crippen LogP contribution is -2.42. The van der Waals surface area contributed by atoms with Crippen molar-refractivity contribution in [3.05, 3.63) is 68.8 Å². The summed E-state index contributed by atoms with van der Waals surface area (Å²) in [5.41, 5.74) is -0.834. The van der Waals surface area contributed by atoms with Crippen molar-refractivity contribution in [1.82, 2.24) is 14.5 Å². The maximum Gasteiger partial charge on any atom is 0.325 e. The molecule has 0 radical (unpaired) electrons. The van der Waals surface area contributed by atoms with Crippen LogP contribution in [0.15, 0.2) is 41.3 Å². The van der Waals surface area contributed by atoms with Crippen LogP contribution in [-0.2, 0) is 11.3 Å². The van der Waals surface area contributed by atoms with Gasteiger partial charge in [0.05, 0.1) is 11.6 Å². The molecular formula is C18H15ClFN3O5. The number of carbonyl (C=O) groups is 2. The summed E-state index contributed by atoms with van der Waals surface area (Å²) in [4.78, 5) is 36.4. The van der Waals surface area contributed by atoms with Crippen LogP contribution in [0.3, 0.4) is 0 Å². The molecule has 0 aliphatic carbocycles. The van der Waals surface area contributed by atoms with Gasteiger partial charge in [0, 0.05) is 6.20 Å². The second-order valence-corrected chi connectivity index (χ2v) is 6.57. The van der Waals surface area contributed by atoms with Crippen LogP contribution in [-0.4, -0.2) is 37.3 Å². The van der Waals surface area contributed by atoms with Crippen molar-refractivity contribution >= 4 is 29.0 Å². The van der Waals surface area contributed by atoms with Crippen molar-refractivity contribution in [2.45, 2.75) is 19.5 Å². The highest BCUT2D eigenvalue weighted by molar-refractivity contribution is 6.31. The molecule has 146 valence electrons. The smallest absolute Gasteiger partial charge is 0.325 e. The number of rotatable bonds is 5. The predicted octanol–water partition coefficient (Wildman–Crippen LogP) is 1.85. The molecule has 1 amide bonds. The number of benzene rings is 1. The van der Waals surface area contributed by atoms with Gasteiger partial charge < -0.3 is 15.5 Å². The van der Waals surface area contributed by atoms with Crippen LogP contribution in [0.1, 0.15) is 22.8 Å². The zero-order valence-corrected chi connectivity index (χ0v) is 15.3. The van der Waals surface area contributed by atoms with E-state index in [1.54, 1.807) is 0 Å². The highest BCUT2D eigenvalue weighted by Crippen LogP contribution is 2.25. The number of aromatic hydroxyl groups is 1. The summed E-state index contributed by atoms with van der Waals surface area (Å²) in [6.45, 7) is 1.18. The van der Waals surface area contributed by atoms with Gasteiger partial charge in [-0.1, -0.05) is 23.7 Å². The maximum absolute atomic E-state index is 13.1. The quantitative estimate of drug-likeness (QED) is 0.597. The zero-order chi connectivity index (χ0) is 20.6. The number of fused-ring (bicyclic) bond motifs is 1. The van der Waals surface area contributed by atoms with Gasteiger partial charge in [0.2, 0.25) is 0 Å². The lowest BCUT2D eigenvalue weighted by Gasteiger charge is -2.15. The van der Waals surface area contributed by atoms with Gasteiger partial charge in [-0.3, -0.25) is 18.9 Å². The molecule has 10 heteroatoms. The van der Waals surface area contributed by atoms with Crippen LogP contribution in [0.2, 0.25) is 5.02 Å². The molecule has 0 spiro atoms. The first-order valence-electron chi connectivity index (χ1n) is 8.10. The summed E-state index contributed by atoms with van der Waals surface area (Å²) >= 11 is 5.99. The largest absolute Gasteiger partial charge is 0.505 e. The summed E-state index contributed by atoms with van der Waals surface area (Å²) in [5.74, 6) is -3.41. The molecule has 0 fully saturated rings. The Kier molecular flexibility index (Phi) is 5.10. The number of carboxylic acids is 1. The van der Waals surface area contributed by atoms with Gasteiger partial charge in [-0.2, -0.15) is 0 Å². The molecule has 0 saturated heterocycles. The van der Waals surface area contributed by atoms with Crippen LogP contribution in [0.5, 0.6) is 5.75 Å². The third-order valence-electron chi connectivity index (χ3n) is 4.15. The molecule has 3 aromatic rings. The molecule has 0 saturated carbocycles. The fourth-order valence-corrected chi connectivity index (χ4v) is 2.89. The molecule has 8 nitrogen and oxygen atoms in total. The van der Waals surface area contributed by atoms with Crippen LogP contribution >= 0.6 is 11.6 Å². The zero-order valence-electron chi connectivity index (χ0n) is 14.5. The molecular weight excluding hydrogens is 393 g/mol. The molecule has 28 heavy (non-hydrogen) atoms. The molecule has 0 bridgehead atoms. The lowest BCUT2D eigenvalue weighted by atomic mass is 10.2. The molecule has 0 unspecified atom stereocenters. The van der Waals surface area contributed by atoms with E-state index in [0.29, 0.717) is 5.56 Å². The van der Waals surface area contributed by atoms with Gasteiger partial charge in [0.15, 0.2) is 5.75 Å². The SMILES string of the molecule is C[C@H](NC(=O)c1c(O)c2cc(Cl)cn2n(Cc2ccc(F)cc2)c1=O)C(=O)O. The van der Waals surface area contributed by atoms with Crippen molar-refractivity contribution in [2.75, 3.05) is 0 Å². The van der Waals surface area contributed by atoms with Crippen molar-refractivity contribution in [1.29, 1.82) is 0 Å². The summed E-state index contributed by atoms with van der Waals surface area (Å²) in [5, 5.41) is 21.7. The average Bonchev–Trinajstić information content (AvgIpc) is 3.02. The number of nitrogens with zero attached hydrogens (tertiary/aromatic N) is 2. The third-order valence-corrected chi connectivity index (χ3v) is 4.35. The number of halogens is 2. The van der Waals surface area contributed by atoms with E-state index in [0.717, 1.165) is 4.68 Å². The Morgan fingerprint density at radius 3 is 2.54 bits per heavy atom. The number of nitrogens with one attached hydrogen (secondary N) is 1. The lowest BCUT2D eigenvalue weighted by molar-refractivity contribution is -0.138. The van der Waals surface area contributed by atoms with Crippen molar-refractivity contribution in [2.24, 2.45) is 0 Å². The Balaban J connectivity index is 2.17. The van der Waals surface area contributed by atoms with Gasteiger partial charge in [0.1, 0.15) is 22.9 Å². The molecule has 0 aliphatic rings. The first kappa shape index (κ1) is 19.4. The minimum absolute atomic E-state index is 0.0460. The van der Waals surface area contributed by atoms with Crippen LogP contribution in [0.4, 0.5) is 4.39 Å². The number of aliphatic carboxylic acids is 1. The van der Waals surface area contributed by atoms with E-state index in [1.807, 2.05) is 0 Å². The molecule has 1 atom stereocenters. The number of aromatic nitrogens is 2. The summed E-state index contributed by atoms with van der Waals surface area (Å²) in [6.07, 6.45) is 1.38. The van der Waals surface area contributed by atoms with Gasteiger partial charge in [-0.05, 0) is 30.7 Å². The number of hydrogen-bond donors (Lipinski definition) is 3. The van der Waals surface area contributed by atoms with Crippen molar-refractivity contribution in [3.8, 4) is 5.75 Å². The highest BCUT2D eigenvalue weighted by Gasteiger charge is 2.25. The van der Waals surface area contributed by atoms with E-state index in [-0.39, 0.29) is 17.1 Å². The maximum atomic E-state index is 13.1. The van der Waals surface area contributed by atoms with Gasteiger partial charge in [-0.15, -0.1) is 0 Å². The van der Waals surface area contributed by atoms with E-state index in [1.165, 1.54) is 48.0 Å². The standard InChI is InChI=1S/C18H15ClFN3O5/c1-9(18(27)28)21-16(25)14-15(24)13-6-11(19)8-22(13)23(17(14)26)7-10-2-4-12(20)5-3-10/h2-6,8-9,24H,7H2,1H3,(H,21,25)(H,27,28)/t9-/m0/s1. The van der Waals surface area contributed by atoms with Crippen LogP contribution in [0, 0.1) is 5.82 Å². The molecule has 2 aromatic heterocycles. The summed E-state index contributed by atoms with van der Waals surface area (Å²) in [6, 6.07) is 5.47. The summed E-state index contributed by atoms with van der Waals surface area (Å²) in [7, 11) is 0. The Morgan fingerprint density at radius 2 is 1.93 bits per heavy atom. The Labute approximate surface area is 162 Å². The topological polar surface area (TPSA) is 113 Å². The van der Waals surface area contributed by atoms with Crippen LogP contribution in [0.25, 0.3) is 5.52 Å². The van der Waals surface area contributed by atoms with Crippen LogP contribution < -0.4 is 10.9 Å². The molecule has 3 N–H and O–H groups in total. The van der Waals surface area contributed by atoms with Gasteiger partial charge in [-0.25, -0.2) is 9.07 Å². The van der Waals surface area contributed by atoms with E-state index in [2.05, 4.69) is 5.32 Å². The number of amides is 1. The fourth-order valence-electron chi connectivity index (χ4n) is 2.70. The monoisotopic (exact) mass is 407 g/mol. The second kappa shape index (κ2) is 7.35. The van der Waals surface area contributed by atoms with E-state index in [9.17, 15) is 23.9 Å². The summed E-state index contributed by atoms with van der Waals surface area (Å²) < 4.78 is 15.6. The Morgan fingerprint density at radius 1 is 1.29 bits per heavy atom. The van der Waals surface area contributed by atoms with Crippen molar-refractivity contribution < 1.29 is 24.2 Å². The van der Waals surface area contributed by atoms with E-state index in [4.69, 9.17) is 16.7 Å².